The van der Waals surface area contributed by atoms with E-state index in [4.69, 9.17) is 0 Å². The molecule has 3 rings (SSSR count). The third-order valence-corrected chi connectivity index (χ3v) is 3.61. The molecular formula is C14H13N5OS. The van der Waals surface area contributed by atoms with Crippen molar-refractivity contribution >= 4 is 22.4 Å². The second-order valence-electron chi connectivity index (χ2n) is 4.26. The van der Waals surface area contributed by atoms with Crippen molar-refractivity contribution in [2.45, 2.75) is 13.5 Å². The molecule has 3 heterocycles. The van der Waals surface area contributed by atoms with Gasteiger partial charge < -0.3 is 0 Å². The van der Waals surface area contributed by atoms with E-state index in [1.165, 1.54) is 11.3 Å². The van der Waals surface area contributed by atoms with Gasteiger partial charge >= 0.3 is 0 Å². The van der Waals surface area contributed by atoms with Crippen LogP contribution in [0, 0.1) is 0 Å². The van der Waals surface area contributed by atoms with E-state index in [9.17, 15) is 4.79 Å². The van der Waals surface area contributed by atoms with E-state index < -0.39 is 0 Å². The average Bonchev–Trinajstić information content (AvgIpc) is 3.17. The third kappa shape index (κ3) is 2.97. The molecular weight excluding hydrogens is 286 g/mol. The molecule has 1 N–H and O–H groups in total. The van der Waals surface area contributed by atoms with Crippen LogP contribution in [0.15, 0.2) is 42.0 Å². The summed E-state index contributed by atoms with van der Waals surface area (Å²) in [5, 5.41) is 9.31. The number of carbonyl (C=O) groups excluding carboxylic acids is 1. The zero-order valence-electron chi connectivity index (χ0n) is 11.4. The second kappa shape index (κ2) is 5.84. The van der Waals surface area contributed by atoms with Gasteiger partial charge in [-0.3, -0.25) is 19.8 Å². The Bertz CT molecular complexity index is 750. The van der Waals surface area contributed by atoms with Crippen LogP contribution in [0.3, 0.4) is 0 Å². The summed E-state index contributed by atoms with van der Waals surface area (Å²) >= 11 is 1.36. The van der Waals surface area contributed by atoms with Crippen molar-refractivity contribution < 1.29 is 4.79 Å². The van der Waals surface area contributed by atoms with Crippen molar-refractivity contribution in [2.75, 3.05) is 5.32 Å². The van der Waals surface area contributed by atoms with Crippen molar-refractivity contribution in [3.05, 3.63) is 47.7 Å². The normalized spacial score (nSPS) is 10.5. The van der Waals surface area contributed by atoms with Crippen LogP contribution in [0.1, 0.15) is 17.4 Å². The fourth-order valence-corrected chi connectivity index (χ4v) is 2.48. The molecule has 0 spiro atoms. The molecule has 0 unspecified atom stereocenters. The van der Waals surface area contributed by atoms with Crippen LogP contribution in [0.2, 0.25) is 0 Å². The lowest BCUT2D eigenvalue weighted by Gasteiger charge is -1.98. The second-order valence-corrected chi connectivity index (χ2v) is 5.12. The largest absolute Gasteiger partial charge is 0.296 e. The highest BCUT2D eigenvalue weighted by Crippen LogP contribution is 2.23. The van der Waals surface area contributed by atoms with Gasteiger partial charge in [-0.2, -0.15) is 5.10 Å². The number of aryl methyl sites for hydroxylation is 1. The highest BCUT2D eigenvalue weighted by molar-refractivity contribution is 7.14. The Morgan fingerprint density at radius 2 is 2.24 bits per heavy atom. The number of anilines is 1. The molecule has 0 bridgehead atoms. The van der Waals surface area contributed by atoms with Crippen molar-refractivity contribution in [1.82, 2.24) is 19.7 Å². The van der Waals surface area contributed by atoms with Crippen LogP contribution in [0.5, 0.6) is 0 Å². The molecule has 0 aromatic carbocycles. The van der Waals surface area contributed by atoms with Gasteiger partial charge in [0.25, 0.3) is 5.91 Å². The molecule has 1 amide bonds. The quantitative estimate of drug-likeness (QED) is 0.804. The number of hydrogen-bond acceptors (Lipinski definition) is 5. The number of amides is 1. The summed E-state index contributed by atoms with van der Waals surface area (Å²) in [6.07, 6.45) is 3.49. The summed E-state index contributed by atoms with van der Waals surface area (Å²) < 4.78 is 1.70. The molecule has 0 saturated carbocycles. The lowest BCUT2D eigenvalue weighted by Crippen LogP contribution is -2.13. The molecule has 0 aliphatic carbocycles. The zero-order chi connectivity index (χ0) is 14.7. The van der Waals surface area contributed by atoms with Crippen molar-refractivity contribution in [3.63, 3.8) is 0 Å². The Balaban J connectivity index is 1.74. The highest BCUT2D eigenvalue weighted by atomic mass is 32.1. The summed E-state index contributed by atoms with van der Waals surface area (Å²) in [4.78, 5) is 20.6. The SMILES string of the molecule is CCn1ccc(C(=O)Nc2nc(-c3ccccn3)cs2)n1. The maximum Gasteiger partial charge on any atom is 0.277 e. The average molecular weight is 299 g/mol. The van der Waals surface area contributed by atoms with Crippen LogP contribution in [-0.2, 0) is 6.54 Å². The Kier molecular flexibility index (Phi) is 3.74. The first kappa shape index (κ1) is 13.4. The number of hydrogen-bond donors (Lipinski definition) is 1. The monoisotopic (exact) mass is 299 g/mol. The summed E-state index contributed by atoms with van der Waals surface area (Å²) in [5.41, 5.74) is 1.91. The van der Waals surface area contributed by atoms with E-state index in [-0.39, 0.29) is 5.91 Å². The van der Waals surface area contributed by atoms with Crippen LogP contribution >= 0.6 is 11.3 Å². The van der Waals surface area contributed by atoms with E-state index in [2.05, 4.69) is 20.4 Å². The van der Waals surface area contributed by atoms with Gasteiger partial charge in [0, 0.05) is 24.3 Å². The predicted molar refractivity (Wildman–Crippen MR) is 81.2 cm³/mol. The molecule has 3 aromatic rings. The molecule has 7 heteroatoms. The molecule has 6 nitrogen and oxygen atoms in total. The van der Waals surface area contributed by atoms with Crippen LogP contribution in [0.25, 0.3) is 11.4 Å². The van der Waals surface area contributed by atoms with Gasteiger partial charge in [-0.1, -0.05) is 6.07 Å². The Labute approximate surface area is 125 Å². The minimum Gasteiger partial charge on any atom is -0.296 e. The molecule has 0 aliphatic rings. The van der Waals surface area contributed by atoms with E-state index in [0.717, 1.165) is 17.9 Å². The standard InChI is InChI=1S/C14H13N5OS/c1-2-19-8-6-11(18-19)13(20)17-14-16-12(9-21-14)10-5-3-4-7-15-10/h3-9H,2H2,1H3,(H,16,17,20). The van der Waals surface area contributed by atoms with Gasteiger partial charge in [0.1, 0.15) is 5.69 Å². The minimum absolute atomic E-state index is 0.260. The topological polar surface area (TPSA) is 72.7 Å². The molecule has 0 saturated heterocycles. The van der Waals surface area contributed by atoms with E-state index >= 15 is 0 Å². The molecule has 0 fully saturated rings. The summed E-state index contributed by atoms with van der Waals surface area (Å²) in [6, 6.07) is 7.32. The van der Waals surface area contributed by atoms with Crippen LogP contribution in [-0.4, -0.2) is 25.7 Å². The van der Waals surface area contributed by atoms with E-state index in [0.29, 0.717) is 10.8 Å². The summed E-state index contributed by atoms with van der Waals surface area (Å²) in [5.74, 6) is -0.260. The van der Waals surface area contributed by atoms with E-state index in [1.807, 2.05) is 30.5 Å². The molecule has 0 radical (unpaired) electrons. The zero-order valence-corrected chi connectivity index (χ0v) is 12.2. The molecule has 21 heavy (non-hydrogen) atoms. The molecule has 0 aliphatic heterocycles. The van der Waals surface area contributed by atoms with Crippen LogP contribution in [0.4, 0.5) is 5.13 Å². The highest BCUT2D eigenvalue weighted by Gasteiger charge is 2.12. The van der Waals surface area contributed by atoms with Gasteiger partial charge in [0.2, 0.25) is 0 Å². The molecule has 3 aromatic heterocycles. The molecule has 106 valence electrons. The summed E-state index contributed by atoms with van der Waals surface area (Å²) in [6.45, 7) is 2.70. The van der Waals surface area contributed by atoms with Crippen molar-refractivity contribution in [1.29, 1.82) is 0 Å². The molecule has 0 atom stereocenters. The van der Waals surface area contributed by atoms with Gasteiger partial charge in [-0.15, -0.1) is 11.3 Å². The summed E-state index contributed by atoms with van der Waals surface area (Å²) in [7, 11) is 0. The number of carbonyl (C=O) groups is 1. The van der Waals surface area contributed by atoms with Gasteiger partial charge in [-0.25, -0.2) is 4.98 Å². The number of pyridine rings is 1. The van der Waals surface area contributed by atoms with Crippen molar-refractivity contribution in [2.24, 2.45) is 0 Å². The number of nitrogens with zero attached hydrogens (tertiary/aromatic N) is 4. The Morgan fingerprint density at radius 3 is 2.95 bits per heavy atom. The van der Waals surface area contributed by atoms with Gasteiger partial charge in [0.05, 0.1) is 5.69 Å². The number of aromatic nitrogens is 4. The van der Waals surface area contributed by atoms with Crippen molar-refractivity contribution in [3.8, 4) is 11.4 Å². The van der Waals surface area contributed by atoms with Gasteiger partial charge in [0.15, 0.2) is 10.8 Å². The first-order valence-electron chi connectivity index (χ1n) is 6.48. The third-order valence-electron chi connectivity index (χ3n) is 2.85. The maximum atomic E-state index is 12.1. The lowest BCUT2D eigenvalue weighted by molar-refractivity contribution is 0.102. The van der Waals surface area contributed by atoms with Crippen LogP contribution < -0.4 is 5.32 Å². The number of nitrogens with one attached hydrogen (secondary N) is 1. The van der Waals surface area contributed by atoms with E-state index in [1.54, 1.807) is 23.1 Å². The predicted octanol–water partition coefficient (Wildman–Crippen LogP) is 2.67. The fraction of sp³-hybridized carbons (Fsp3) is 0.143. The maximum absolute atomic E-state index is 12.1. The minimum atomic E-state index is -0.260. The Morgan fingerprint density at radius 1 is 1.33 bits per heavy atom. The number of rotatable bonds is 4. The first-order chi connectivity index (χ1) is 10.3. The lowest BCUT2D eigenvalue weighted by atomic mass is 10.3. The first-order valence-corrected chi connectivity index (χ1v) is 7.36. The fourth-order valence-electron chi connectivity index (χ4n) is 1.78. The Hall–Kier alpha value is -2.54. The number of thiazole rings is 1. The van der Waals surface area contributed by atoms with Gasteiger partial charge in [-0.05, 0) is 25.1 Å². The smallest absolute Gasteiger partial charge is 0.277 e.